The fourth-order valence-electron chi connectivity index (χ4n) is 1.97. The zero-order valence-electron chi connectivity index (χ0n) is 9.69. The molecule has 0 radical (unpaired) electrons. The first kappa shape index (κ1) is 12.2. The number of likely N-dealkylation sites (tertiary alicyclic amines) is 1. The molecule has 1 aliphatic heterocycles. The van der Waals surface area contributed by atoms with E-state index in [1.165, 1.54) is 6.42 Å². The van der Waals surface area contributed by atoms with Gasteiger partial charge in [0.25, 0.3) is 0 Å². The molecule has 5 heteroatoms. The number of pyridine rings is 1. The highest BCUT2D eigenvalue weighted by molar-refractivity contribution is 6.30. The third-order valence-electron chi connectivity index (χ3n) is 3.05. The highest BCUT2D eigenvalue weighted by Crippen LogP contribution is 2.20. The summed E-state index contributed by atoms with van der Waals surface area (Å²) in [5.41, 5.74) is 0.351. The van der Waals surface area contributed by atoms with Crippen molar-refractivity contribution < 1.29 is 4.74 Å². The zero-order chi connectivity index (χ0) is 12.3. The van der Waals surface area contributed by atoms with Gasteiger partial charge in [0, 0.05) is 12.1 Å². The van der Waals surface area contributed by atoms with Crippen LogP contribution in [0.1, 0.15) is 18.4 Å². The number of likely N-dealkylation sites (N-methyl/N-ethyl adjacent to an activating group) is 1. The maximum atomic E-state index is 8.83. The van der Waals surface area contributed by atoms with Gasteiger partial charge in [0.1, 0.15) is 23.6 Å². The van der Waals surface area contributed by atoms with E-state index in [1.54, 1.807) is 12.3 Å². The molecule has 2 rings (SSSR count). The Balaban J connectivity index is 1.97. The Morgan fingerprint density at radius 1 is 1.71 bits per heavy atom. The smallest absolute Gasteiger partial charge is 0.147 e. The van der Waals surface area contributed by atoms with E-state index < -0.39 is 0 Å². The molecule has 0 aromatic carbocycles. The van der Waals surface area contributed by atoms with Gasteiger partial charge < -0.3 is 9.64 Å². The molecule has 1 saturated heterocycles. The summed E-state index contributed by atoms with van der Waals surface area (Å²) in [4.78, 5) is 6.20. The molecule has 4 nitrogen and oxygen atoms in total. The molecule has 1 atom stereocenters. The molecule has 2 heterocycles. The summed E-state index contributed by atoms with van der Waals surface area (Å²) in [5, 5.41) is 9.05. The summed E-state index contributed by atoms with van der Waals surface area (Å²) in [5.74, 6) is 0.603. The number of nitrogens with zero attached hydrogens (tertiary/aromatic N) is 3. The Morgan fingerprint density at radius 3 is 3.18 bits per heavy atom. The first-order valence-corrected chi connectivity index (χ1v) is 5.97. The van der Waals surface area contributed by atoms with Crippen molar-refractivity contribution in [2.24, 2.45) is 0 Å². The Morgan fingerprint density at radius 2 is 2.53 bits per heavy atom. The van der Waals surface area contributed by atoms with Gasteiger partial charge in [0.15, 0.2) is 0 Å². The highest BCUT2D eigenvalue weighted by atomic mass is 35.5. The quantitative estimate of drug-likeness (QED) is 0.772. The average molecular weight is 252 g/mol. The summed E-state index contributed by atoms with van der Waals surface area (Å²) in [6.07, 6.45) is 3.92. The lowest BCUT2D eigenvalue weighted by Crippen LogP contribution is -2.30. The molecule has 0 aliphatic carbocycles. The topological polar surface area (TPSA) is 49.1 Å². The van der Waals surface area contributed by atoms with Gasteiger partial charge in [-0.15, -0.1) is 0 Å². The van der Waals surface area contributed by atoms with Crippen molar-refractivity contribution in [1.29, 1.82) is 5.26 Å². The Bertz CT molecular complexity index is 444. The predicted molar refractivity (Wildman–Crippen MR) is 65.1 cm³/mol. The highest BCUT2D eigenvalue weighted by Gasteiger charge is 2.21. The lowest BCUT2D eigenvalue weighted by molar-refractivity contribution is 0.198. The lowest BCUT2D eigenvalue weighted by atomic mass is 10.2. The molecule has 0 amide bonds. The molecule has 1 fully saturated rings. The van der Waals surface area contributed by atoms with Crippen molar-refractivity contribution in [2.45, 2.75) is 18.9 Å². The number of hydrogen-bond acceptors (Lipinski definition) is 4. The van der Waals surface area contributed by atoms with Crippen LogP contribution in [-0.4, -0.2) is 36.1 Å². The van der Waals surface area contributed by atoms with Crippen LogP contribution >= 0.6 is 11.6 Å². The third-order valence-corrected chi connectivity index (χ3v) is 3.35. The summed E-state index contributed by atoms with van der Waals surface area (Å²) in [7, 11) is 2.10. The average Bonchev–Trinajstić information content (AvgIpc) is 2.74. The van der Waals surface area contributed by atoms with Gasteiger partial charge in [-0.1, -0.05) is 11.6 Å². The van der Waals surface area contributed by atoms with Gasteiger partial charge in [0.2, 0.25) is 0 Å². The minimum atomic E-state index is 0.220. The molecule has 1 aliphatic rings. The first-order chi connectivity index (χ1) is 8.20. The molecule has 0 spiro atoms. The van der Waals surface area contributed by atoms with Crippen LogP contribution in [0.3, 0.4) is 0 Å². The fraction of sp³-hybridized carbons (Fsp3) is 0.500. The van der Waals surface area contributed by atoms with Crippen LogP contribution in [0.15, 0.2) is 12.3 Å². The third kappa shape index (κ3) is 2.87. The van der Waals surface area contributed by atoms with Crippen LogP contribution in [-0.2, 0) is 0 Å². The minimum Gasteiger partial charge on any atom is -0.490 e. The van der Waals surface area contributed by atoms with Crippen molar-refractivity contribution in [2.75, 3.05) is 20.2 Å². The van der Waals surface area contributed by atoms with Crippen molar-refractivity contribution in [3.05, 3.63) is 23.0 Å². The molecular weight excluding hydrogens is 238 g/mol. The van der Waals surface area contributed by atoms with E-state index >= 15 is 0 Å². The molecule has 1 aromatic rings. The van der Waals surface area contributed by atoms with Gasteiger partial charge >= 0.3 is 0 Å². The largest absolute Gasteiger partial charge is 0.490 e. The minimum absolute atomic E-state index is 0.220. The van der Waals surface area contributed by atoms with E-state index in [9.17, 15) is 0 Å². The van der Waals surface area contributed by atoms with E-state index in [1.807, 2.05) is 6.07 Å². The second kappa shape index (κ2) is 5.35. The molecule has 1 aromatic heterocycles. The second-order valence-electron chi connectivity index (χ2n) is 4.21. The van der Waals surface area contributed by atoms with Crippen LogP contribution in [0, 0.1) is 11.3 Å². The Labute approximate surface area is 106 Å². The van der Waals surface area contributed by atoms with E-state index in [4.69, 9.17) is 21.6 Å². The molecule has 0 bridgehead atoms. The standard InChI is InChI=1S/C12H14ClN3O/c1-16-4-2-3-10(16)8-17-11-5-9(6-14)12(13)15-7-11/h5,7,10H,2-4,8H2,1H3/t10-/m1/s1. The van der Waals surface area contributed by atoms with Crippen molar-refractivity contribution in [3.63, 3.8) is 0 Å². The molecule has 0 saturated carbocycles. The fourth-order valence-corrected chi connectivity index (χ4v) is 2.11. The molecular formula is C12H14ClN3O. The normalized spacial score (nSPS) is 20.2. The molecule has 90 valence electrons. The van der Waals surface area contributed by atoms with E-state index in [2.05, 4.69) is 16.9 Å². The molecule has 0 unspecified atom stereocenters. The van der Waals surface area contributed by atoms with Gasteiger partial charge in [-0.2, -0.15) is 5.26 Å². The summed E-state index contributed by atoms with van der Waals surface area (Å²) in [6, 6.07) is 4.07. The van der Waals surface area contributed by atoms with Crippen LogP contribution in [0.5, 0.6) is 5.75 Å². The van der Waals surface area contributed by atoms with Gasteiger partial charge in [-0.25, -0.2) is 4.98 Å². The Kier molecular flexibility index (Phi) is 3.82. The van der Waals surface area contributed by atoms with Crippen LogP contribution < -0.4 is 4.74 Å². The van der Waals surface area contributed by atoms with Gasteiger partial charge in [-0.05, 0) is 26.4 Å². The molecule has 17 heavy (non-hydrogen) atoms. The zero-order valence-corrected chi connectivity index (χ0v) is 10.4. The Hall–Kier alpha value is -1.31. The van der Waals surface area contributed by atoms with Crippen molar-refractivity contribution >= 4 is 11.6 Å². The van der Waals surface area contributed by atoms with Crippen LogP contribution in [0.25, 0.3) is 0 Å². The second-order valence-corrected chi connectivity index (χ2v) is 4.57. The maximum absolute atomic E-state index is 8.83. The summed E-state index contributed by atoms with van der Waals surface area (Å²) < 4.78 is 5.64. The maximum Gasteiger partial charge on any atom is 0.147 e. The lowest BCUT2D eigenvalue weighted by Gasteiger charge is -2.19. The number of nitriles is 1. The van der Waals surface area contributed by atoms with Gasteiger partial charge in [-0.3, -0.25) is 0 Å². The number of ether oxygens (including phenoxy) is 1. The number of halogens is 1. The number of hydrogen-bond donors (Lipinski definition) is 0. The van der Waals surface area contributed by atoms with Crippen LogP contribution in [0.4, 0.5) is 0 Å². The number of aromatic nitrogens is 1. The molecule has 0 N–H and O–H groups in total. The van der Waals surface area contributed by atoms with E-state index in [0.29, 0.717) is 24.0 Å². The SMILES string of the molecule is CN1CCC[C@@H]1COc1cnc(Cl)c(C#N)c1. The number of rotatable bonds is 3. The van der Waals surface area contributed by atoms with Crippen molar-refractivity contribution in [1.82, 2.24) is 9.88 Å². The van der Waals surface area contributed by atoms with Crippen molar-refractivity contribution in [3.8, 4) is 11.8 Å². The van der Waals surface area contributed by atoms with E-state index in [-0.39, 0.29) is 5.15 Å². The van der Waals surface area contributed by atoms with E-state index in [0.717, 1.165) is 13.0 Å². The van der Waals surface area contributed by atoms with Gasteiger partial charge in [0.05, 0.1) is 11.8 Å². The first-order valence-electron chi connectivity index (χ1n) is 5.59. The summed E-state index contributed by atoms with van der Waals surface area (Å²) in [6.45, 7) is 1.75. The predicted octanol–water partition coefficient (Wildman–Crippen LogP) is 2.08. The monoisotopic (exact) mass is 251 g/mol. The van der Waals surface area contributed by atoms with Crippen LogP contribution in [0.2, 0.25) is 5.15 Å². The summed E-state index contributed by atoms with van der Waals surface area (Å²) >= 11 is 5.75.